The van der Waals surface area contributed by atoms with Crippen molar-refractivity contribution in [2.24, 2.45) is 0 Å². The second-order valence-corrected chi connectivity index (χ2v) is 12.2. The molecule has 246 valence electrons. The van der Waals surface area contributed by atoms with Crippen LogP contribution in [0.1, 0.15) is 125 Å². The molecule has 2 rings (SSSR count). The smallest absolute Gasteiger partial charge is 0.411 e. The molecule has 44 heavy (non-hydrogen) atoms. The number of hydrogen-bond donors (Lipinski definition) is 4. The molecule has 1 unspecified atom stereocenters. The first-order valence-electron chi connectivity index (χ1n) is 16.6. The second kappa shape index (κ2) is 20.5. The third-order valence-electron chi connectivity index (χ3n) is 8.03. The number of hydrogen-bond acceptors (Lipinski definition) is 6. The van der Waals surface area contributed by atoms with Gasteiger partial charge in [-0.25, -0.2) is 9.59 Å². The number of ether oxygens (including phenoxy) is 2. The molecule has 0 heterocycles. The molecule has 8 heteroatoms. The van der Waals surface area contributed by atoms with Crippen molar-refractivity contribution in [3.8, 4) is 11.5 Å². The first kappa shape index (κ1) is 36.8. The van der Waals surface area contributed by atoms with E-state index >= 15 is 0 Å². The van der Waals surface area contributed by atoms with Crippen LogP contribution in [0.3, 0.4) is 0 Å². The van der Waals surface area contributed by atoms with Gasteiger partial charge < -0.3 is 19.7 Å². The number of rotatable bonds is 20. The van der Waals surface area contributed by atoms with E-state index < -0.39 is 12.2 Å². The average Bonchev–Trinajstić information content (AvgIpc) is 2.97. The van der Waals surface area contributed by atoms with Gasteiger partial charge in [-0.15, -0.1) is 0 Å². The van der Waals surface area contributed by atoms with Crippen molar-refractivity contribution in [2.75, 3.05) is 17.2 Å². The Bertz CT molecular complexity index is 1120. The highest BCUT2D eigenvalue weighted by Gasteiger charge is 2.15. The number of amides is 2. The van der Waals surface area contributed by atoms with Gasteiger partial charge in [0.25, 0.3) is 0 Å². The number of carbonyl (C=O) groups excluding carboxylic acids is 2. The fraction of sp³-hybridized carbons (Fsp3) is 0.611. The molecule has 0 bridgehead atoms. The molecule has 2 aromatic rings. The SMILES string of the molecule is CCCCCCC(CCCCCCCCCCCOC(=O)Nc1cc(C)c(O)c(C)c1)OC(=O)Nc1cc(C)c(O)c(C)c1. The highest BCUT2D eigenvalue weighted by atomic mass is 16.6. The standard InChI is InChI=1S/C36H56N2O6/c1-6-7-8-16-19-32(44-36(42)38-31-24-28(4)34(40)29(5)25-31)20-17-14-12-10-9-11-13-15-18-21-43-35(41)37-30-22-26(2)33(39)27(3)23-30/h22-25,32,39-40H,6-21H2,1-5H3,(H,37,41)(H,38,42). The topological polar surface area (TPSA) is 117 Å². The molecule has 2 aromatic carbocycles. The predicted molar refractivity (Wildman–Crippen MR) is 179 cm³/mol. The van der Waals surface area contributed by atoms with Gasteiger partial charge in [0.05, 0.1) is 6.61 Å². The van der Waals surface area contributed by atoms with E-state index in [0.29, 0.717) is 29.1 Å². The van der Waals surface area contributed by atoms with Crippen molar-refractivity contribution in [1.82, 2.24) is 0 Å². The molecule has 0 radical (unpaired) electrons. The molecule has 1 atom stereocenters. The lowest BCUT2D eigenvalue weighted by atomic mass is 10.0. The zero-order chi connectivity index (χ0) is 32.3. The van der Waals surface area contributed by atoms with E-state index in [9.17, 15) is 19.8 Å². The van der Waals surface area contributed by atoms with Crippen LogP contribution in [0.4, 0.5) is 21.0 Å². The monoisotopic (exact) mass is 612 g/mol. The summed E-state index contributed by atoms with van der Waals surface area (Å²) in [6, 6.07) is 6.97. The van der Waals surface area contributed by atoms with Crippen LogP contribution in [-0.2, 0) is 9.47 Å². The van der Waals surface area contributed by atoms with Gasteiger partial charge in [-0.2, -0.15) is 0 Å². The van der Waals surface area contributed by atoms with Gasteiger partial charge in [0.15, 0.2) is 0 Å². The lowest BCUT2D eigenvalue weighted by Gasteiger charge is -2.19. The van der Waals surface area contributed by atoms with Gasteiger partial charge in [0.2, 0.25) is 0 Å². The molecule has 0 aliphatic heterocycles. The molecular formula is C36H56N2O6. The Hall–Kier alpha value is -3.42. The highest BCUT2D eigenvalue weighted by molar-refractivity contribution is 5.85. The minimum atomic E-state index is -0.466. The molecule has 0 aliphatic rings. The van der Waals surface area contributed by atoms with Gasteiger partial charge in [0.1, 0.15) is 17.6 Å². The largest absolute Gasteiger partial charge is 0.507 e. The number of phenolic OH excluding ortho intramolecular Hbond substituents is 2. The lowest BCUT2D eigenvalue weighted by molar-refractivity contribution is 0.0960. The summed E-state index contributed by atoms with van der Waals surface area (Å²) < 4.78 is 11.1. The predicted octanol–water partition coefficient (Wildman–Crippen LogP) is 10.4. The molecule has 4 N–H and O–H groups in total. The fourth-order valence-electron chi connectivity index (χ4n) is 5.45. The van der Waals surface area contributed by atoms with Crippen molar-refractivity contribution < 1.29 is 29.3 Å². The summed E-state index contributed by atoms with van der Waals surface area (Å²) in [5.74, 6) is 0.497. The maximum absolute atomic E-state index is 12.6. The summed E-state index contributed by atoms with van der Waals surface area (Å²) in [7, 11) is 0. The summed E-state index contributed by atoms with van der Waals surface area (Å²) in [6.07, 6.45) is 15.4. The summed E-state index contributed by atoms with van der Waals surface area (Å²) in [5.41, 5.74) is 4.15. The van der Waals surface area contributed by atoms with Crippen LogP contribution in [0.15, 0.2) is 24.3 Å². The third kappa shape index (κ3) is 14.4. The van der Waals surface area contributed by atoms with Crippen LogP contribution >= 0.6 is 0 Å². The molecule has 8 nitrogen and oxygen atoms in total. The van der Waals surface area contributed by atoms with E-state index in [4.69, 9.17) is 9.47 Å². The normalized spacial score (nSPS) is 11.7. The number of carbonyl (C=O) groups is 2. The van der Waals surface area contributed by atoms with E-state index in [-0.39, 0.29) is 17.6 Å². The van der Waals surface area contributed by atoms with Crippen LogP contribution in [-0.4, -0.2) is 35.1 Å². The summed E-state index contributed by atoms with van der Waals surface area (Å²) >= 11 is 0. The maximum atomic E-state index is 12.6. The zero-order valence-electron chi connectivity index (χ0n) is 27.7. The summed E-state index contributed by atoms with van der Waals surface area (Å²) in [5, 5.41) is 25.4. The maximum Gasteiger partial charge on any atom is 0.411 e. The minimum absolute atomic E-state index is 0.0789. The second-order valence-electron chi connectivity index (χ2n) is 12.2. The van der Waals surface area contributed by atoms with E-state index in [1.807, 2.05) is 13.8 Å². The Kier molecular flexibility index (Phi) is 17.1. The molecule has 0 fully saturated rings. The molecule has 0 aliphatic carbocycles. The van der Waals surface area contributed by atoms with Gasteiger partial charge in [-0.05, 0) is 106 Å². The van der Waals surface area contributed by atoms with Crippen molar-refractivity contribution in [3.63, 3.8) is 0 Å². The number of aryl methyl sites for hydroxylation is 4. The third-order valence-corrected chi connectivity index (χ3v) is 8.03. The molecule has 0 spiro atoms. The van der Waals surface area contributed by atoms with Crippen molar-refractivity contribution in [2.45, 2.75) is 137 Å². The summed E-state index contributed by atoms with van der Waals surface area (Å²) in [6.45, 7) is 9.82. The van der Waals surface area contributed by atoms with Crippen molar-refractivity contribution in [3.05, 3.63) is 46.5 Å². The zero-order valence-corrected chi connectivity index (χ0v) is 27.7. The first-order valence-corrected chi connectivity index (χ1v) is 16.6. The van der Waals surface area contributed by atoms with Crippen LogP contribution < -0.4 is 10.6 Å². The molecular weight excluding hydrogens is 556 g/mol. The van der Waals surface area contributed by atoms with E-state index in [2.05, 4.69) is 17.6 Å². The van der Waals surface area contributed by atoms with Gasteiger partial charge in [-0.1, -0.05) is 71.1 Å². The lowest BCUT2D eigenvalue weighted by Crippen LogP contribution is -2.22. The van der Waals surface area contributed by atoms with E-state index in [1.54, 1.807) is 38.1 Å². The molecule has 0 saturated heterocycles. The number of aromatic hydroxyl groups is 2. The molecule has 2 amide bonds. The number of phenols is 2. The molecule has 0 saturated carbocycles. The number of benzene rings is 2. The van der Waals surface area contributed by atoms with Crippen LogP contribution in [0.5, 0.6) is 11.5 Å². The van der Waals surface area contributed by atoms with Crippen LogP contribution in [0, 0.1) is 27.7 Å². The fourth-order valence-corrected chi connectivity index (χ4v) is 5.45. The van der Waals surface area contributed by atoms with Crippen LogP contribution in [0.2, 0.25) is 0 Å². The Morgan fingerprint density at radius 2 is 1.00 bits per heavy atom. The number of anilines is 2. The van der Waals surface area contributed by atoms with E-state index in [0.717, 1.165) is 68.9 Å². The minimum Gasteiger partial charge on any atom is -0.507 e. The summed E-state index contributed by atoms with van der Waals surface area (Å²) in [4.78, 5) is 24.7. The Balaban J connectivity index is 1.55. The van der Waals surface area contributed by atoms with Crippen LogP contribution in [0.25, 0.3) is 0 Å². The van der Waals surface area contributed by atoms with Crippen molar-refractivity contribution >= 4 is 23.6 Å². The quantitative estimate of drug-likeness (QED) is 0.0873. The number of unbranched alkanes of at least 4 members (excludes halogenated alkanes) is 11. The van der Waals surface area contributed by atoms with Gasteiger partial charge >= 0.3 is 12.2 Å². The number of nitrogens with one attached hydrogen (secondary N) is 2. The van der Waals surface area contributed by atoms with Gasteiger partial charge in [-0.3, -0.25) is 10.6 Å². The van der Waals surface area contributed by atoms with Crippen molar-refractivity contribution in [1.29, 1.82) is 0 Å². The van der Waals surface area contributed by atoms with Gasteiger partial charge in [0, 0.05) is 11.4 Å². The average molecular weight is 613 g/mol. The Morgan fingerprint density at radius 1 is 0.614 bits per heavy atom. The van der Waals surface area contributed by atoms with E-state index in [1.165, 1.54) is 38.5 Å². The first-order chi connectivity index (χ1) is 21.1. The Labute approximate surface area is 264 Å². The highest BCUT2D eigenvalue weighted by Crippen LogP contribution is 2.27. The molecule has 0 aromatic heterocycles. The Morgan fingerprint density at radius 3 is 1.45 bits per heavy atom.